The minimum absolute atomic E-state index is 0.256. The molecule has 0 saturated carbocycles. The maximum absolute atomic E-state index is 11.8. The molecule has 5 nitrogen and oxygen atoms in total. The number of amides is 1. The van der Waals surface area contributed by atoms with E-state index in [0.717, 1.165) is 44.3 Å². The number of nitrogens with zero attached hydrogens (tertiary/aromatic N) is 2. The third kappa shape index (κ3) is 6.98. The maximum Gasteiger partial charge on any atom is 0.407 e. The molecule has 2 aliphatic heterocycles. The lowest BCUT2D eigenvalue weighted by Crippen LogP contribution is -2.48. The average Bonchev–Trinajstić information content (AvgIpc) is 2.43. The van der Waals surface area contributed by atoms with E-state index >= 15 is 0 Å². The normalized spacial score (nSPS) is 27.9. The second-order valence-electron chi connectivity index (χ2n) is 8.97. The van der Waals surface area contributed by atoms with Gasteiger partial charge in [-0.25, -0.2) is 4.79 Å². The Morgan fingerprint density at radius 3 is 2.12 bits per heavy atom. The highest BCUT2D eigenvalue weighted by Gasteiger charge is 2.25. The maximum atomic E-state index is 11.8. The van der Waals surface area contributed by atoms with Crippen LogP contribution in [0.3, 0.4) is 0 Å². The standard InChI is InChI=1S/C19H37N3O2/c1-15-12-16(2)14-22(13-15)11-10-21-8-6-17(7-9-21)20-18(23)24-19(3,4)5/h15-17H,6-14H2,1-5H3,(H,20,23). The van der Waals surface area contributed by atoms with Crippen LogP contribution in [0.25, 0.3) is 0 Å². The van der Waals surface area contributed by atoms with E-state index in [4.69, 9.17) is 4.74 Å². The van der Waals surface area contributed by atoms with Gasteiger partial charge < -0.3 is 19.9 Å². The number of likely N-dealkylation sites (tertiary alicyclic amines) is 2. The van der Waals surface area contributed by atoms with Crippen molar-refractivity contribution in [2.45, 2.75) is 65.5 Å². The first-order chi connectivity index (χ1) is 11.2. The first kappa shape index (κ1) is 19.5. The number of rotatable bonds is 4. The summed E-state index contributed by atoms with van der Waals surface area (Å²) in [5.41, 5.74) is -0.423. The van der Waals surface area contributed by atoms with E-state index in [0.29, 0.717) is 0 Å². The first-order valence-corrected chi connectivity index (χ1v) is 9.65. The fourth-order valence-electron chi connectivity index (χ4n) is 4.03. The van der Waals surface area contributed by atoms with Gasteiger partial charge in [0, 0.05) is 45.3 Å². The second-order valence-corrected chi connectivity index (χ2v) is 8.97. The molecule has 2 atom stereocenters. The van der Waals surface area contributed by atoms with Crippen molar-refractivity contribution in [3.05, 3.63) is 0 Å². The molecule has 0 spiro atoms. The minimum Gasteiger partial charge on any atom is -0.444 e. The number of hydrogen-bond donors (Lipinski definition) is 1. The van der Waals surface area contributed by atoms with Gasteiger partial charge in [0.15, 0.2) is 0 Å². The molecule has 2 aliphatic rings. The van der Waals surface area contributed by atoms with E-state index in [-0.39, 0.29) is 12.1 Å². The van der Waals surface area contributed by atoms with E-state index < -0.39 is 5.60 Å². The smallest absolute Gasteiger partial charge is 0.407 e. The van der Waals surface area contributed by atoms with Gasteiger partial charge in [-0.15, -0.1) is 0 Å². The number of piperidine rings is 2. The second kappa shape index (κ2) is 8.52. The molecule has 0 aromatic carbocycles. The number of carbonyl (C=O) groups excluding carboxylic acids is 1. The highest BCUT2D eigenvalue weighted by atomic mass is 16.6. The van der Waals surface area contributed by atoms with E-state index in [9.17, 15) is 4.79 Å². The fourth-order valence-corrected chi connectivity index (χ4v) is 4.03. The summed E-state index contributed by atoms with van der Waals surface area (Å²) in [5, 5.41) is 3.01. The predicted octanol–water partition coefficient (Wildman–Crippen LogP) is 2.95. The molecule has 0 bridgehead atoms. The van der Waals surface area contributed by atoms with Gasteiger partial charge in [0.2, 0.25) is 0 Å². The van der Waals surface area contributed by atoms with Gasteiger partial charge in [0.05, 0.1) is 0 Å². The van der Waals surface area contributed by atoms with Crippen LogP contribution in [0.2, 0.25) is 0 Å². The van der Waals surface area contributed by atoms with Crippen LogP contribution in [0.1, 0.15) is 53.9 Å². The Balaban J connectivity index is 1.63. The van der Waals surface area contributed by atoms with Crippen molar-refractivity contribution in [3.8, 4) is 0 Å². The SMILES string of the molecule is CC1CC(C)CN(CCN2CCC(NC(=O)OC(C)(C)C)CC2)C1. The van der Waals surface area contributed by atoms with E-state index in [1.54, 1.807) is 0 Å². The summed E-state index contributed by atoms with van der Waals surface area (Å²) < 4.78 is 5.34. The van der Waals surface area contributed by atoms with E-state index in [1.807, 2.05) is 20.8 Å². The van der Waals surface area contributed by atoms with Crippen LogP contribution in [0.4, 0.5) is 4.79 Å². The van der Waals surface area contributed by atoms with Crippen molar-refractivity contribution in [1.29, 1.82) is 0 Å². The van der Waals surface area contributed by atoms with Gasteiger partial charge in [-0.2, -0.15) is 0 Å². The summed E-state index contributed by atoms with van der Waals surface area (Å²) in [6.45, 7) is 17.4. The zero-order valence-electron chi connectivity index (χ0n) is 16.3. The monoisotopic (exact) mass is 339 g/mol. The minimum atomic E-state index is -0.423. The molecular formula is C19H37N3O2. The molecule has 140 valence electrons. The van der Waals surface area contributed by atoms with Gasteiger partial charge in [-0.1, -0.05) is 13.8 Å². The fraction of sp³-hybridized carbons (Fsp3) is 0.947. The largest absolute Gasteiger partial charge is 0.444 e. The topological polar surface area (TPSA) is 44.8 Å². The number of alkyl carbamates (subject to hydrolysis) is 1. The van der Waals surface area contributed by atoms with Crippen LogP contribution in [0, 0.1) is 11.8 Å². The summed E-state index contributed by atoms with van der Waals surface area (Å²) in [6.07, 6.45) is 3.13. The van der Waals surface area contributed by atoms with Gasteiger partial charge in [-0.05, 0) is 51.9 Å². The van der Waals surface area contributed by atoms with Crippen molar-refractivity contribution < 1.29 is 9.53 Å². The van der Waals surface area contributed by atoms with Crippen molar-refractivity contribution in [1.82, 2.24) is 15.1 Å². The molecule has 2 heterocycles. The molecule has 2 saturated heterocycles. The lowest BCUT2D eigenvalue weighted by Gasteiger charge is -2.38. The van der Waals surface area contributed by atoms with Crippen LogP contribution < -0.4 is 5.32 Å². The van der Waals surface area contributed by atoms with Crippen molar-refractivity contribution in [2.75, 3.05) is 39.3 Å². The first-order valence-electron chi connectivity index (χ1n) is 9.65. The van der Waals surface area contributed by atoms with Crippen LogP contribution in [0.15, 0.2) is 0 Å². The van der Waals surface area contributed by atoms with Gasteiger partial charge in [-0.3, -0.25) is 0 Å². The number of nitrogens with one attached hydrogen (secondary N) is 1. The molecule has 0 aliphatic carbocycles. The van der Waals surface area contributed by atoms with Crippen LogP contribution >= 0.6 is 0 Å². The van der Waals surface area contributed by atoms with E-state index in [2.05, 4.69) is 29.0 Å². The third-order valence-corrected chi connectivity index (χ3v) is 4.99. The Morgan fingerprint density at radius 2 is 1.58 bits per heavy atom. The zero-order valence-corrected chi connectivity index (χ0v) is 16.3. The molecule has 24 heavy (non-hydrogen) atoms. The average molecular weight is 340 g/mol. The Labute approximate surface area is 148 Å². The predicted molar refractivity (Wildman–Crippen MR) is 98.2 cm³/mol. The van der Waals surface area contributed by atoms with Gasteiger partial charge in [0.25, 0.3) is 0 Å². The lowest BCUT2D eigenvalue weighted by atomic mass is 9.92. The molecule has 0 radical (unpaired) electrons. The molecule has 2 unspecified atom stereocenters. The number of ether oxygens (including phenoxy) is 1. The molecule has 1 N–H and O–H groups in total. The summed E-state index contributed by atoms with van der Waals surface area (Å²) in [6, 6.07) is 0.256. The van der Waals surface area contributed by atoms with Crippen LogP contribution in [0.5, 0.6) is 0 Å². The van der Waals surface area contributed by atoms with Gasteiger partial charge >= 0.3 is 6.09 Å². The lowest BCUT2D eigenvalue weighted by molar-refractivity contribution is 0.0474. The molecule has 0 aromatic heterocycles. The highest BCUT2D eigenvalue weighted by Crippen LogP contribution is 2.21. The zero-order chi connectivity index (χ0) is 17.7. The summed E-state index contributed by atoms with van der Waals surface area (Å²) >= 11 is 0. The van der Waals surface area contributed by atoms with Crippen LogP contribution in [-0.4, -0.2) is 66.8 Å². The summed E-state index contributed by atoms with van der Waals surface area (Å²) in [5.74, 6) is 1.66. The van der Waals surface area contributed by atoms with Crippen molar-refractivity contribution in [3.63, 3.8) is 0 Å². The van der Waals surface area contributed by atoms with Crippen LogP contribution in [-0.2, 0) is 4.74 Å². The summed E-state index contributed by atoms with van der Waals surface area (Å²) in [7, 11) is 0. The van der Waals surface area contributed by atoms with Crippen molar-refractivity contribution in [2.24, 2.45) is 11.8 Å². The molecule has 2 fully saturated rings. The molecule has 5 heteroatoms. The molecule has 1 amide bonds. The molecule has 0 aromatic rings. The molecule has 2 rings (SSSR count). The highest BCUT2D eigenvalue weighted by molar-refractivity contribution is 5.68. The number of hydrogen-bond acceptors (Lipinski definition) is 4. The quantitative estimate of drug-likeness (QED) is 0.855. The Bertz CT molecular complexity index is 390. The third-order valence-electron chi connectivity index (χ3n) is 4.99. The Morgan fingerprint density at radius 1 is 1.04 bits per heavy atom. The Hall–Kier alpha value is -0.810. The summed E-state index contributed by atoms with van der Waals surface area (Å²) in [4.78, 5) is 17.0. The molecular weight excluding hydrogens is 302 g/mol. The Kier molecular flexibility index (Phi) is 6.93. The number of carbonyl (C=O) groups is 1. The van der Waals surface area contributed by atoms with Gasteiger partial charge in [0.1, 0.15) is 5.60 Å². The van der Waals surface area contributed by atoms with E-state index in [1.165, 1.54) is 26.1 Å². The van der Waals surface area contributed by atoms with Crippen molar-refractivity contribution >= 4 is 6.09 Å².